The SMILES string of the molecule is CCc1nn(C)cc1CNCCn1cc(C)cn1. The van der Waals surface area contributed by atoms with Gasteiger partial charge in [0.05, 0.1) is 18.4 Å². The van der Waals surface area contributed by atoms with E-state index in [0.29, 0.717) is 0 Å². The third-order valence-electron chi connectivity index (χ3n) is 2.92. The number of aryl methyl sites for hydroxylation is 3. The smallest absolute Gasteiger partial charge is 0.0666 e. The van der Waals surface area contributed by atoms with Crippen LogP contribution in [0.4, 0.5) is 0 Å². The molecule has 0 saturated heterocycles. The molecule has 2 aromatic rings. The van der Waals surface area contributed by atoms with Crippen LogP contribution in [0.3, 0.4) is 0 Å². The van der Waals surface area contributed by atoms with E-state index in [1.807, 2.05) is 22.6 Å². The zero-order valence-electron chi connectivity index (χ0n) is 11.3. The maximum Gasteiger partial charge on any atom is 0.0666 e. The van der Waals surface area contributed by atoms with Gasteiger partial charge in [0.15, 0.2) is 0 Å². The second-order valence-electron chi connectivity index (χ2n) is 4.59. The summed E-state index contributed by atoms with van der Waals surface area (Å²) < 4.78 is 3.85. The number of nitrogens with one attached hydrogen (secondary N) is 1. The molecule has 0 aliphatic rings. The van der Waals surface area contributed by atoms with E-state index < -0.39 is 0 Å². The Balaban J connectivity index is 1.78. The molecule has 0 unspecified atom stereocenters. The largest absolute Gasteiger partial charge is 0.311 e. The van der Waals surface area contributed by atoms with Crippen molar-refractivity contribution in [3.8, 4) is 0 Å². The van der Waals surface area contributed by atoms with Crippen molar-refractivity contribution in [2.75, 3.05) is 6.54 Å². The Morgan fingerprint density at radius 1 is 1.33 bits per heavy atom. The van der Waals surface area contributed by atoms with E-state index in [-0.39, 0.29) is 0 Å². The fourth-order valence-corrected chi connectivity index (χ4v) is 2.03. The zero-order valence-corrected chi connectivity index (χ0v) is 11.3. The second kappa shape index (κ2) is 5.82. The van der Waals surface area contributed by atoms with Gasteiger partial charge in [-0.3, -0.25) is 9.36 Å². The van der Waals surface area contributed by atoms with Crippen molar-refractivity contribution in [3.05, 3.63) is 35.4 Å². The van der Waals surface area contributed by atoms with Crippen LogP contribution in [0.25, 0.3) is 0 Å². The van der Waals surface area contributed by atoms with Gasteiger partial charge in [-0.15, -0.1) is 0 Å². The van der Waals surface area contributed by atoms with Gasteiger partial charge < -0.3 is 5.32 Å². The van der Waals surface area contributed by atoms with E-state index in [2.05, 4.69) is 41.8 Å². The Kier molecular flexibility index (Phi) is 4.15. The maximum absolute atomic E-state index is 4.43. The molecule has 2 rings (SSSR count). The van der Waals surface area contributed by atoms with Crippen molar-refractivity contribution < 1.29 is 0 Å². The number of hydrogen-bond acceptors (Lipinski definition) is 3. The van der Waals surface area contributed by atoms with Crippen molar-refractivity contribution in [3.63, 3.8) is 0 Å². The summed E-state index contributed by atoms with van der Waals surface area (Å²) in [6.45, 7) is 6.88. The third-order valence-corrected chi connectivity index (χ3v) is 2.92. The summed E-state index contributed by atoms with van der Waals surface area (Å²) in [6.07, 6.45) is 7.01. The zero-order chi connectivity index (χ0) is 13.0. The van der Waals surface area contributed by atoms with Crippen LogP contribution in [-0.2, 0) is 26.6 Å². The molecular weight excluding hydrogens is 226 g/mol. The molecule has 0 bridgehead atoms. The van der Waals surface area contributed by atoms with E-state index in [9.17, 15) is 0 Å². The van der Waals surface area contributed by atoms with Gasteiger partial charge in [0, 0.05) is 38.1 Å². The molecule has 0 radical (unpaired) electrons. The lowest BCUT2D eigenvalue weighted by atomic mass is 10.2. The molecule has 0 aliphatic carbocycles. The van der Waals surface area contributed by atoms with Crippen LogP contribution in [0.15, 0.2) is 18.6 Å². The molecule has 2 aromatic heterocycles. The normalized spacial score (nSPS) is 11.1. The van der Waals surface area contributed by atoms with Gasteiger partial charge >= 0.3 is 0 Å². The molecule has 0 spiro atoms. The highest BCUT2D eigenvalue weighted by atomic mass is 15.3. The van der Waals surface area contributed by atoms with Crippen LogP contribution < -0.4 is 5.32 Å². The lowest BCUT2D eigenvalue weighted by Gasteiger charge is -2.04. The summed E-state index contributed by atoms with van der Waals surface area (Å²) >= 11 is 0. The number of aromatic nitrogens is 4. The first-order valence-electron chi connectivity index (χ1n) is 6.40. The number of rotatable bonds is 6. The Labute approximate surface area is 108 Å². The summed E-state index contributed by atoms with van der Waals surface area (Å²) in [4.78, 5) is 0. The van der Waals surface area contributed by atoms with Crippen molar-refractivity contribution in [1.29, 1.82) is 0 Å². The molecule has 18 heavy (non-hydrogen) atoms. The highest BCUT2D eigenvalue weighted by molar-refractivity contribution is 5.16. The van der Waals surface area contributed by atoms with Gasteiger partial charge in [0.25, 0.3) is 0 Å². The first-order chi connectivity index (χ1) is 8.69. The fourth-order valence-electron chi connectivity index (χ4n) is 2.03. The molecule has 0 saturated carbocycles. The highest BCUT2D eigenvalue weighted by Crippen LogP contribution is 2.06. The van der Waals surface area contributed by atoms with Crippen LogP contribution in [0.5, 0.6) is 0 Å². The van der Waals surface area contributed by atoms with Crippen molar-refractivity contribution in [1.82, 2.24) is 24.9 Å². The molecule has 2 heterocycles. The second-order valence-corrected chi connectivity index (χ2v) is 4.59. The van der Waals surface area contributed by atoms with Crippen molar-refractivity contribution in [2.45, 2.75) is 33.4 Å². The molecule has 98 valence electrons. The standard InChI is InChI=1S/C13H21N5/c1-4-13-12(10-17(3)16-13)8-14-5-6-18-9-11(2)7-15-18/h7,9-10,14H,4-6,8H2,1-3H3. The summed E-state index contributed by atoms with van der Waals surface area (Å²) in [5.41, 5.74) is 3.67. The van der Waals surface area contributed by atoms with E-state index >= 15 is 0 Å². The van der Waals surface area contributed by atoms with Gasteiger partial charge in [-0.2, -0.15) is 10.2 Å². The summed E-state index contributed by atoms with van der Waals surface area (Å²) in [6, 6.07) is 0. The summed E-state index contributed by atoms with van der Waals surface area (Å²) in [5, 5.41) is 12.1. The molecule has 1 N–H and O–H groups in total. The average molecular weight is 247 g/mol. The van der Waals surface area contributed by atoms with Gasteiger partial charge in [0.1, 0.15) is 0 Å². The Bertz CT molecular complexity index is 497. The van der Waals surface area contributed by atoms with E-state index in [1.54, 1.807) is 0 Å². The van der Waals surface area contributed by atoms with Gasteiger partial charge in [-0.1, -0.05) is 6.92 Å². The van der Waals surface area contributed by atoms with E-state index in [1.165, 1.54) is 16.8 Å². The van der Waals surface area contributed by atoms with Crippen LogP contribution in [0.1, 0.15) is 23.7 Å². The Morgan fingerprint density at radius 3 is 2.83 bits per heavy atom. The predicted molar refractivity (Wildman–Crippen MR) is 71.3 cm³/mol. The van der Waals surface area contributed by atoms with E-state index in [0.717, 1.165) is 26.1 Å². The number of nitrogens with zero attached hydrogens (tertiary/aromatic N) is 4. The monoisotopic (exact) mass is 247 g/mol. The van der Waals surface area contributed by atoms with E-state index in [4.69, 9.17) is 0 Å². The summed E-state index contributed by atoms with van der Waals surface area (Å²) in [7, 11) is 1.97. The molecule has 0 fully saturated rings. The maximum atomic E-state index is 4.43. The highest BCUT2D eigenvalue weighted by Gasteiger charge is 2.04. The van der Waals surface area contributed by atoms with Crippen LogP contribution >= 0.6 is 0 Å². The van der Waals surface area contributed by atoms with Crippen molar-refractivity contribution >= 4 is 0 Å². The van der Waals surface area contributed by atoms with Crippen LogP contribution in [-0.4, -0.2) is 26.1 Å². The lowest BCUT2D eigenvalue weighted by molar-refractivity contribution is 0.553. The molecule has 0 aromatic carbocycles. The quantitative estimate of drug-likeness (QED) is 0.782. The molecule has 5 nitrogen and oxygen atoms in total. The Morgan fingerprint density at radius 2 is 2.17 bits per heavy atom. The van der Waals surface area contributed by atoms with Crippen LogP contribution in [0.2, 0.25) is 0 Å². The minimum absolute atomic E-state index is 0.872. The first-order valence-corrected chi connectivity index (χ1v) is 6.40. The number of hydrogen-bond donors (Lipinski definition) is 1. The fraction of sp³-hybridized carbons (Fsp3) is 0.538. The van der Waals surface area contributed by atoms with Crippen molar-refractivity contribution in [2.24, 2.45) is 7.05 Å². The predicted octanol–water partition coefficient (Wildman–Crippen LogP) is 1.28. The molecule has 0 amide bonds. The van der Waals surface area contributed by atoms with Gasteiger partial charge in [0.2, 0.25) is 0 Å². The molecule has 0 aliphatic heterocycles. The van der Waals surface area contributed by atoms with Crippen LogP contribution in [0, 0.1) is 6.92 Å². The van der Waals surface area contributed by atoms with Gasteiger partial charge in [-0.05, 0) is 18.9 Å². The third kappa shape index (κ3) is 3.20. The Hall–Kier alpha value is -1.62. The molecule has 0 atom stereocenters. The minimum Gasteiger partial charge on any atom is -0.311 e. The topological polar surface area (TPSA) is 47.7 Å². The molecule has 5 heteroatoms. The summed E-state index contributed by atoms with van der Waals surface area (Å²) in [5.74, 6) is 0. The lowest BCUT2D eigenvalue weighted by Crippen LogP contribution is -2.20. The molecular formula is C13H21N5. The minimum atomic E-state index is 0.872. The first kappa shape index (κ1) is 12.8. The average Bonchev–Trinajstić information content (AvgIpc) is 2.91. The van der Waals surface area contributed by atoms with Gasteiger partial charge in [-0.25, -0.2) is 0 Å².